The first-order chi connectivity index (χ1) is 12.9. The topological polar surface area (TPSA) is 55.3 Å². The third-order valence-electron chi connectivity index (χ3n) is 5.58. The van der Waals surface area contributed by atoms with Gasteiger partial charge in [-0.05, 0) is 39.0 Å². The first-order valence-electron chi connectivity index (χ1n) is 10.7. The van der Waals surface area contributed by atoms with Gasteiger partial charge in [-0.3, -0.25) is 4.99 Å². The molecule has 1 aliphatic carbocycles. The number of rotatable bonds is 7. The van der Waals surface area contributed by atoms with Crippen LogP contribution in [-0.4, -0.2) is 75.2 Å². The number of nitrogens with one attached hydrogen (secondary N) is 1. The van der Waals surface area contributed by atoms with E-state index in [9.17, 15) is 0 Å². The lowest BCUT2D eigenvalue weighted by molar-refractivity contribution is -0.0817. The molecule has 1 saturated carbocycles. The van der Waals surface area contributed by atoms with E-state index in [0.717, 1.165) is 71.2 Å². The minimum atomic E-state index is 0. The Hall–Kier alpha value is -0.120. The Morgan fingerprint density at radius 1 is 1.07 bits per heavy atom. The predicted molar refractivity (Wildman–Crippen MR) is 119 cm³/mol. The van der Waals surface area contributed by atoms with Gasteiger partial charge in [0.1, 0.15) is 6.10 Å². The maximum absolute atomic E-state index is 6.01. The van der Waals surface area contributed by atoms with Crippen molar-refractivity contribution in [3.8, 4) is 0 Å². The summed E-state index contributed by atoms with van der Waals surface area (Å²) >= 11 is 0. The van der Waals surface area contributed by atoms with E-state index in [4.69, 9.17) is 19.2 Å². The monoisotopic (exact) mass is 495 g/mol. The molecule has 1 N–H and O–H groups in total. The zero-order valence-electron chi connectivity index (χ0n) is 16.9. The smallest absolute Gasteiger partial charge is 0.194 e. The Labute approximate surface area is 181 Å². The molecular weight excluding hydrogens is 457 g/mol. The normalized spacial score (nSPS) is 27.4. The van der Waals surface area contributed by atoms with Crippen LogP contribution in [0.4, 0.5) is 0 Å². The average molecular weight is 495 g/mol. The van der Waals surface area contributed by atoms with Crippen LogP contribution in [0.3, 0.4) is 0 Å². The van der Waals surface area contributed by atoms with Crippen LogP contribution < -0.4 is 5.32 Å². The molecule has 158 valence electrons. The number of hydrogen-bond acceptors (Lipinski definition) is 4. The van der Waals surface area contributed by atoms with Crippen LogP contribution in [0.5, 0.6) is 0 Å². The molecule has 0 aromatic carbocycles. The Bertz CT molecular complexity index is 427. The maximum atomic E-state index is 6.01. The first kappa shape index (κ1) is 23.2. The van der Waals surface area contributed by atoms with Gasteiger partial charge in [0.15, 0.2) is 5.96 Å². The van der Waals surface area contributed by atoms with E-state index in [-0.39, 0.29) is 36.2 Å². The highest BCUT2D eigenvalue weighted by molar-refractivity contribution is 14.0. The summed E-state index contributed by atoms with van der Waals surface area (Å²) < 4.78 is 17.8. The van der Waals surface area contributed by atoms with Gasteiger partial charge in [-0.1, -0.05) is 19.3 Å². The largest absolute Gasteiger partial charge is 0.378 e. The summed E-state index contributed by atoms with van der Waals surface area (Å²) in [4.78, 5) is 7.17. The van der Waals surface area contributed by atoms with Crippen LogP contribution in [0.1, 0.15) is 58.3 Å². The fourth-order valence-corrected chi connectivity index (χ4v) is 4.15. The van der Waals surface area contributed by atoms with Crippen molar-refractivity contribution in [3.63, 3.8) is 0 Å². The van der Waals surface area contributed by atoms with Crippen molar-refractivity contribution < 1.29 is 14.2 Å². The third-order valence-corrected chi connectivity index (χ3v) is 5.58. The maximum Gasteiger partial charge on any atom is 0.194 e. The van der Waals surface area contributed by atoms with Gasteiger partial charge in [0.05, 0.1) is 18.8 Å². The Morgan fingerprint density at radius 2 is 1.89 bits per heavy atom. The molecule has 3 rings (SSSR count). The predicted octanol–water partition coefficient (Wildman–Crippen LogP) is 3.19. The van der Waals surface area contributed by atoms with Crippen molar-refractivity contribution in [1.82, 2.24) is 10.2 Å². The molecule has 0 amide bonds. The summed E-state index contributed by atoms with van der Waals surface area (Å²) in [6.07, 6.45) is 10.7. The van der Waals surface area contributed by atoms with Crippen LogP contribution in [0.25, 0.3) is 0 Å². The molecule has 27 heavy (non-hydrogen) atoms. The molecule has 2 heterocycles. The lowest BCUT2D eigenvalue weighted by Crippen LogP contribution is -2.53. The number of guanidine groups is 1. The van der Waals surface area contributed by atoms with Gasteiger partial charge in [0.2, 0.25) is 0 Å². The second-order valence-electron chi connectivity index (χ2n) is 7.63. The Balaban J connectivity index is 0.00000261. The summed E-state index contributed by atoms with van der Waals surface area (Å²) in [5.41, 5.74) is 0. The van der Waals surface area contributed by atoms with E-state index in [1.807, 2.05) is 0 Å². The zero-order valence-corrected chi connectivity index (χ0v) is 19.2. The second kappa shape index (κ2) is 13.2. The van der Waals surface area contributed by atoms with Crippen molar-refractivity contribution in [3.05, 3.63) is 0 Å². The van der Waals surface area contributed by atoms with Crippen molar-refractivity contribution in [2.45, 2.75) is 76.6 Å². The van der Waals surface area contributed by atoms with Crippen LogP contribution >= 0.6 is 24.0 Å². The van der Waals surface area contributed by atoms with E-state index >= 15 is 0 Å². The van der Waals surface area contributed by atoms with Gasteiger partial charge in [-0.2, -0.15) is 0 Å². The zero-order chi connectivity index (χ0) is 18.0. The molecule has 7 heteroatoms. The van der Waals surface area contributed by atoms with Crippen LogP contribution in [0, 0.1) is 0 Å². The molecule has 3 aliphatic rings. The van der Waals surface area contributed by atoms with Crippen molar-refractivity contribution in [2.75, 3.05) is 46.0 Å². The molecule has 0 bridgehead atoms. The molecule has 2 aliphatic heterocycles. The van der Waals surface area contributed by atoms with Crippen molar-refractivity contribution in [2.24, 2.45) is 4.99 Å². The van der Waals surface area contributed by atoms with E-state index in [1.54, 1.807) is 0 Å². The molecule has 2 unspecified atom stereocenters. The van der Waals surface area contributed by atoms with Gasteiger partial charge in [0, 0.05) is 39.4 Å². The van der Waals surface area contributed by atoms with Crippen molar-refractivity contribution >= 4 is 29.9 Å². The lowest BCUT2D eigenvalue weighted by atomic mass is 9.98. The number of aliphatic imine (C=N–C) groups is 1. The summed E-state index contributed by atoms with van der Waals surface area (Å²) in [6.45, 7) is 8.05. The quantitative estimate of drug-likeness (QED) is 0.255. The second-order valence-corrected chi connectivity index (χ2v) is 7.63. The van der Waals surface area contributed by atoms with Crippen LogP contribution in [-0.2, 0) is 14.2 Å². The summed E-state index contributed by atoms with van der Waals surface area (Å²) in [5, 5.41) is 3.44. The van der Waals surface area contributed by atoms with E-state index in [2.05, 4.69) is 17.1 Å². The number of ether oxygens (including phenoxy) is 3. The number of hydrogen-bond donors (Lipinski definition) is 1. The van der Waals surface area contributed by atoms with Gasteiger partial charge >= 0.3 is 0 Å². The SMILES string of the molecule is CCNC(=NCCCOC1CCCCC1)N1CCOC(C2CCCO2)C1.I. The average Bonchev–Trinajstić information content (AvgIpc) is 3.23. The molecule has 6 nitrogen and oxygen atoms in total. The van der Waals surface area contributed by atoms with E-state index in [1.165, 1.54) is 32.1 Å². The van der Waals surface area contributed by atoms with Gasteiger partial charge in [0.25, 0.3) is 0 Å². The minimum Gasteiger partial charge on any atom is -0.378 e. The molecule has 0 radical (unpaired) electrons. The molecular formula is C20H38IN3O3. The van der Waals surface area contributed by atoms with Gasteiger partial charge in [-0.15, -0.1) is 24.0 Å². The molecule has 2 atom stereocenters. The standard InChI is InChI=1S/C20H37N3O3.HI/c1-2-21-20(22-11-7-14-24-17-8-4-3-5-9-17)23-12-15-26-19(16-23)18-10-6-13-25-18;/h17-19H,2-16H2,1H3,(H,21,22);1H. The summed E-state index contributed by atoms with van der Waals surface area (Å²) in [5.74, 6) is 1.01. The third kappa shape index (κ3) is 7.66. The fraction of sp³-hybridized carbons (Fsp3) is 0.950. The Morgan fingerprint density at radius 3 is 2.63 bits per heavy atom. The van der Waals surface area contributed by atoms with E-state index < -0.39 is 0 Å². The fourth-order valence-electron chi connectivity index (χ4n) is 4.15. The van der Waals surface area contributed by atoms with E-state index in [0.29, 0.717) is 6.10 Å². The molecule has 0 aromatic heterocycles. The number of nitrogens with zero attached hydrogens (tertiary/aromatic N) is 2. The highest BCUT2D eigenvalue weighted by Gasteiger charge is 2.32. The molecule has 3 fully saturated rings. The number of morpholine rings is 1. The van der Waals surface area contributed by atoms with Gasteiger partial charge < -0.3 is 24.4 Å². The highest BCUT2D eigenvalue weighted by atomic mass is 127. The lowest BCUT2D eigenvalue weighted by Gasteiger charge is -2.37. The van der Waals surface area contributed by atoms with Crippen LogP contribution in [0.2, 0.25) is 0 Å². The summed E-state index contributed by atoms with van der Waals surface area (Å²) in [7, 11) is 0. The summed E-state index contributed by atoms with van der Waals surface area (Å²) in [6, 6.07) is 0. The molecule has 0 spiro atoms. The van der Waals surface area contributed by atoms with Gasteiger partial charge in [-0.25, -0.2) is 0 Å². The van der Waals surface area contributed by atoms with Crippen LogP contribution in [0.15, 0.2) is 4.99 Å². The minimum absolute atomic E-state index is 0. The highest BCUT2D eigenvalue weighted by Crippen LogP contribution is 2.21. The molecule has 2 saturated heterocycles. The number of halogens is 1. The van der Waals surface area contributed by atoms with Crippen molar-refractivity contribution in [1.29, 1.82) is 0 Å². The first-order valence-corrected chi connectivity index (χ1v) is 10.7. The molecule has 0 aromatic rings. The Kier molecular flexibility index (Phi) is 11.3.